The van der Waals surface area contributed by atoms with Crippen molar-refractivity contribution in [1.29, 1.82) is 0 Å². The first kappa shape index (κ1) is 23.7. The molecule has 1 saturated heterocycles. The number of ketones is 1. The van der Waals surface area contributed by atoms with Crippen LogP contribution >= 0.6 is 0 Å². The van der Waals surface area contributed by atoms with E-state index in [2.05, 4.69) is 0 Å². The first-order valence-corrected chi connectivity index (χ1v) is 11.2. The lowest BCUT2D eigenvalue weighted by molar-refractivity contribution is -0.384. The zero-order chi connectivity index (χ0) is 24.9. The molecule has 4 rings (SSSR count). The van der Waals surface area contributed by atoms with Crippen LogP contribution in [0.25, 0.3) is 5.76 Å². The lowest BCUT2D eigenvalue weighted by Crippen LogP contribution is -2.29. The monoisotopic (exact) mass is 472 g/mol. The lowest BCUT2D eigenvalue weighted by atomic mass is 9.95. The quantitative estimate of drug-likeness (QED) is 0.162. The van der Waals surface area contributed by atoms with Crippen LogP contribution in [-0.2, 0) is 16.1 Å². The number of hydrogen-bond donors (Lipinski definition) is 1. The highest BCUT2D eigenvalue weighted by Crippen LogP contribution is 2.41. The molecule has 0 spiro atoms. The molecule has 1 N–H and O–H groups in total. The fourth-order valence-corrected chi connectivity index (χ4v) is 4.06. The van der Waals surface area contributed by atoms with Gasteiger partial charge >= 0.3 is 0 Å². The molecule has 1 aliphatic heterocycles. The predicted octanol–water partition coefficient (Wildman–Crippen LogP) is 5.01. The summed E-state index contributed by atoms with van der Waals surface area (Å²) in [5.41, 5.74) is 1.18. The van der Waals surface area contributed by atoms with E-state index in [9.17, 15) is 24.8 Å². The third kappa shape index (κ3) is 4.91. The molecule has 0 saturated carbocycles. The molecule has 1 atom stereocenters. The maximum Gasteiger partial charge on any atom is 0.295 e. The fourth-order valence-electron chi connectivity index (χ4n) is 4.06. The number of likely N-dealkylation sites (tertiary alicyclic amines) is 1. The molecular weight excluding hydrogens is 448 g/mol. The maximum absolute atomic E-state index is 13.2. The third-order valence-electron chi connectivity index (χ3n) is 5.73. The zero-order valence-electron chi connectivity index (χ0n) is 19.1. The second-order valence-electron chi connectivity index (χ2n) is 8.14. The van der Waals surface area contributed by atoms with Crippen LogP contribution in [0.1, 0.15) is 36.1 Å². The third-order valence-corrected chi connectivity index (χ3v) is 5.73. The van der Waals surface area contributed by atoms with Crippen molar-refractivity contribution in [3.05, 3.63) is 111 Å². The van der Waals surface area contributed by atoms with Crippen LogP contribution in [0.4, 0.5) is 5.69 Å². The minimum absolute atomic E-state index is 0.0966. The fraction of sp³-hybridized carbons (Fsp3) is 0.185. The van der Waals surface area contributed by atoms with Crippen LogP contribution in [0.5, 0.6) is 5.75 Å². The minimum Gasteiger partial charge on any atom is -0.507 e. The summed E-state index contributed by atoms with van der Waals surface area (Å²) >= 11 is 0. The molecule has 8 heteroatoms. The van der Waals surface area contributed by atoms with E-state index in [1.54, 1.807) is 30.3 Å². The van der Waals surface area contributed by atoms with Crippen molar-refractivity contribution in [2.24, 2.45) is 0 Å². The summed E-state index contributed by atoms with van der Waals surface area (Å²) in [7, 11) is 0. The Kier molecular flexibility index (Phi) is 6.91. The van der Waals surface area contributed by atoms with Gasteiger partial charge in [0.05, 0.1) is 23.1 Å². The number of hydrogen-bond acceptors (Lipinski definition) is 6. The summed E-state index contributed by atoms with van der Waals surface area (Å²) in [6.45, 7) is 2.63. The minimum atomic E-state index is -0.994. The van der Waals surface area contributed by atoms with E-state index in [4.69, 9.17) is 4.74 Å². The second kappa shape index (κ2) is 10.2. The highest BCUT2D eigenvalue weighted by atomic mass is 16.6. The number of rotatable bonds is 8. The van der Waals surface area contributed by atoms with Crippen LogP contribution in [0.3, 0.4) is 0 Å². The van der Waals surface area contributed by atoms with Crippen molar-refractivity contribution in [3.63, 3.8) is 0 Å². The largest absolute Gasteiger partial charge is 0.507 e. The molecule has 3 aromatic rings. The number of aliphatic hydroxyl groups excluding tert-OH is 1. The van der Waals surface area contributed by atoms with Gasteiger partial charge in [0.15, 0.2) is 0 Å². The summed E-state index contributed by atoms with van der Waals surface area (Å²) in [5.74, 6) is -1.36. The van der Waals surface area contributed by atoms with E-state index < -0.39 is 22.7 Å². The van der Waals surface area contributed by atoms with Gasteiger partial charge < -0.3 is 14.7 Å². The number of aliphatic hydroxyl groups is 1. The van der Waals surface area contributed by atoms with Gasteiger partial charge in [0, 0.05) is 24.2 Å². The van der Waals surface area contributed by atoms with E-state index in [1.807, 2.05) is 37.3 Å². The Balaban J connectivity index is 1.82. The molecule has 1 heterocycles. The number of nitro benzene ring substituents is 1. The van der Waals surface area contributed by atoms with Crippen molar-refractivity contribution in [2.45, 2.75) is 25.9 Å². The number of carbonyl (C=O) groups is 2. The molecule has 1 aliphatic rings. The highest BCUT2D eigenvalue weighted by molar-refractivity contribution is 6.46. The Morgan fingerprint density at radius 3 is 2.40 bits per heavy atom. The average Bonchev–Trinajstić information content (AvgIpc) is 3.13. The summed E-state index contributed by atoms with van der Waals surface area (Å²) in [4.78, 5) is 38.5. The van der Waals surface area contributed by atoms with Crippen LogP contribution in [-0.4, -0.2) is 33.2 Å². The molecule has 1 fully saturated rings. The topological polar surface area (TPSA) is 110 Å². The molecule has 1 unspecified atom stereocenters. The van der Waals surface area contributed by atoms with Gasteiger partial charge in [-0.2, -0.15) is 0 Å². The van der Waals surface area contributed by atoms with E-state index in [0.717, 1.165) is 12.0 Å². The van der Waals surface area contributed by atoms with Gasteiger partial charge in [0.2, 0.25) is 0 Å². The Labute approximate surface area is 202 Å². The van der Waals surface area contributed by atoms with Gasteiger partial charge in [-0.25, -0.2) is 0 Å². The molecule has 35 heavy (non-hydrogen) atoms. The average molecular weight is 472 g/mol. The number of nitro groups is 1. The standard InChI is InChI=1S/C27H24N2O6/c1-2-15-35-22-13-11-19(12-14-22)25(30)23-24(20-9-6-10-21(16-20)29(33)34)28(27(32)26(23)31)17-18-7-4-3-5-8-18/h3-14,16,24,30H,2,15,17H2,1H3. The van der Waals surface area contributed by atoms with Gasteiger partial charge in [-0.15, -0.1) is 0 Å². The molecule has 0 radical (unpaired) electrons. The van der Waals surface area contributed by atoms with E-state index in [0.29, 0.717) is 23.5 Å². The number of non-ortho nitro benzene ring substituents is 1. The Morgan fingerprint density at radius 2 is 1.74 bits per heavy atom. The molecule has 8 nitrogen and oxygen atoms in total. The number of ether oxygens (including phenoxy) is 1. The first-order chi connectivity index (χ1) is 16.9. The van der Waals surface area contributed by atoms with E-state index >= 15 is 0 Å². The van der Waals surface area contributed by atoms with Crippen molar-refractivity contribution in [3.8, 4) is 5.75 Å². The van der Waals surface area contributed by atoms with Gasteiger partial charge in [0.25, 0.3) is 17.4 Å². The van der Waals surface area contributed by atoms with Crippen LogP contribution in [0, 0.1) is 10.1 Å². The van der Waals surface area contributed by atoms with Crippen molar-refractivity contribution >= 4 is 23.1 Å². The number of nitrogens with zero attached hydrogens (tertiary/aromatic N) is 2. The van der Waals surface area contributed by atoms with Crippen molar-refractivity contribution < 1.29 is 24.4 Å². The predicted molar refractivity (Wildman–Crippen MR) is 130 cm³/mol. The van der Waals surface area contributed by atoms with Crippen LogP contribution in [0.15, 0.2) is 84.4 Å². The molecule has 1 amide bonds. The van der Waals surface area contributed by atoms with Gasteiger partial charge in [0.1, 0.15) is 11.5 Å². The SMILES string of the molecule is CCCOc1ccc(C(O)=C2C(=O)C(=O)N(Cc3ccccc3)C2c2cccc([N+](=O)[O-])c2)cc1. The summed E-state index contributed by atoms with van der Waals surface area (Å²) in [5, 5.41) is 22.6. The first-order valence-electron chi connectivity index (χ1n) is 11.2. The molecular formula is C27H24N2O6. The molecule has 0 bridgehead atoms. The molecule has 178 valence electrons. The van der Waals surface area contributed by atoms with Gasteiger partial charge in [-0.1, -0.05) is 49.4 Å². The van der Waals surface area contributed by atoms with Crippen LogP contribution < -0.4 is 4.74 Å². The Hall–Kier alpha value is -4.46. The van der Waals surface area contributed by atoms with Gasteiger partial charge in [-0.3, -0.25) is 19.7 Å². The Bertz CT molecular complexity index is 1280. The smallest absolute Gasteiger partial charge is 0.295 e. The maximum atomic E-state index is 13.2. The number of amides is 1. The number of Topliss-reactive ketones (excluding diaryl/α,β-unsaturated/α-hetero) is 1. The number of carbonyl (C=O) groups excluding carboxylic acids is 2. The van der Waals surface area contributed by atoms with E-state index in [-0.39, 0.29) is 23.6 Å². The normalized spacial score (nSPS) is 16.9. The van der Waals surface area contributed by atoms with Crippen molar-refractivity contribution in [1.82, 2.24) is 4.90 Å². The number of benzene rings is 3. The molecule has 3 aromatic carbocycles. The summed E-state index contributed by atoms with van der Waals surface area (Å²) < 4.78 is 5.57. The van der Waals surface area contributed by atoms with Crippen molar-refractivity contribution in [2.75, 3.05) is 6.61 Å². The highest BCUT2D eigenvalue weighted by Gasteiger charge is 2.46. The van der Waals surface area contributed by atoms with Crippen LogP contribution in [0.2, 0.25) is 0 Å². The summed E-state index contributed by atoms with van der Waals surface area (Å²) in [6, 6.07) is 20.4. The summed E-state index contributed by atoms with van der Waals surface area (Å²) in [6.07, 6.45) is 0.843. The Morgan fingerprint density at radius 1 is 1.03 bits per heavy atom. The van der Waals surface area contributed by atoms with E-state index in [1.165, 1.54) is 23.1 Å². The molecule has 0 aromatic heterocycles. The second-order valence-corrected chi connectivity index (χ2v) is 8.14. The van der Waals surface area contributed by atoms with Gasteiger partial charge in [-0.05, 0) is 41.8 Å². The lowest BCUT2D eigenvalue weighted by Gasteiger charge is -2.25. The zero-order valence-corrected chi connectivity index (χ0v) is 19.1. The molecule has 0 aliphatic carbocycles.